The second kappa shape index (κ2) is 7.50. The maximum absolute atomic E-state index is 12.3. The first-order valence-electron chi connectivity index (χ1n) is 9.30. The molecule has 27 heavy (non-hydrogen) atoms. The van der Waals surface area contributed by atoms with E-state index in [1.54, 1.807) is 10.2 Å². The third kappa shape index (κ3) is 3.86. The number of hydrogen-bond donors (Lipinski definition) is 2. The van der Waals surface area contributed by atoms with Crippen molar-refractivity contribution in [2.75, 3.05) is 7.05 Å². The van der Waals surface area contributed by atoms with Crippen LogP contribution in [0.5, 0.6) is 0 Å². The molecular formula is C21H24N4O2. The van der Waals surface area contributed by atoms with Gasteiger partial charge in [0.2, 0.25) is 0 Å². The van der Waals surface area contributed by atoms with Gasteiger partial charge in [-0.25, -0.2) is 5.48 Å². The molecule has 1 aliphatic rings. The molecule has 1 fully saturated rings. The number of amides is 1. The summed E-state index contributed by atoms with van der Waals surface area (Å²) in [5, 5.41) is 14.9. The Labute approximate surface area is 158 Å². The summed E-state index contributed by atoms with van der Waals surface area (Å²) in [6.45, 7) is 0.842. The van der Waals surface area contributed by atoms with Crippen LogP contribution in [0.2, 0.25) is 0 Å². The summed E-state index contributed by atoms with van der Waals surface area (Å²) in [5.74, 6) is -0.469. The normalized spacial score (nSPS) is 15.2. The fraction of sp³-hybridized carbons (Fsp3) is 0.333. The van der Waals surface area contributed by atoms with Gasteiger partial charge >= 0.3 is 0 Å². The van der Waals surface area contributed by atoms with Gasteiger partial charge in [0, 0.05) is 30.6 Å². The molecule has 6 heteroatoms. The van der Waals surface area contributed by atoms with Crippen LogP contribution in [-0.4, -0.2) is 38.9 Å². The number of benzene rings is 2. The summed E-state index contributed by atoms with van der Waals surface area (Å²) in [7, 11) is 2.14. The Kier molecular flexibility index (Phi) is 4.92. The number of carbonyl (C=O) groups is 1. The third-order valence-electron chi connectivity index (χ3n) is 5.23. The molecular weight excluding hydrogens is 340 g/mol. The number of hydroxylamine groups is 1. The van der Waals surface area contributed by atoms with Crippen LogP contribution in [0.3, 0.4) is 0 Å². The van der Waals surface area contributed by atoms with E-state index in [0.717, 1.165) is 28.6 Å². The molecule has 1 saturated carbocycles. The molecule has 1 aliphatic carbocycles. The molecule has 2 aromatic carbocycles. The molecule has 0 spiro atoms. The third-order valence-corrected chi connectivity index (χ3v) is 5.23. The van der Waals surface area contributed by atoms with Crippen LogP contribution in [0.1, 0.15) is 30.0 Å². The molecule has 140 valence electrons. The van der Waals surface area contributed by atoms with Gasteiger partial charge in [-0.3, -0.25) is 19.6 Å². The standard InChI is InChI=1S/C21H24N4O2/c1-24(18-10-11-18)13-16-8-5-9-17-14-25(22-20(16)17)19(21(26)23-27)12-15-6-3-2-4-7-15/h2-9,14,18-19,27H,10-13H2,1H3,(H,23,26). The summed E-state index contributed by atoms with van der Waals surface area (Å²) in [6.07, 6.45) is 4.87. The van der Waals surface area contributed by atoms with Gasteiger partial charge in [-0.1, -0.05) is 48.5 Å². The van der Waals surface area contributed by atoms with Crippen molar-refractivity contribution < 1.29 is 10.0 Å². The molecule has 6 nitrogen and oxygen atoms in total. The summed E-state index contributed by atoms with van der Waals surface area (Å²) in [6, 6.07) is 16.0. The first-order valence-corrected chi connectivity index (χ1v) is 9.30. The quantitative estimate of drug-likeness (QED) is 0.500. The molecule has 0 saturated heterocycles. The van der Waals surface area contributed by atoms with Gasteiger partial charge in [-0.15, -0.1) is 0 Å². The molecule has 0 bridgehead atoms. The van der Waals surface area contributed by atoms with Gasteiger partial charge in [-0.2, -0.15) is 5.10 Å². The van der Waals surface area contributed by atoms with Crippen molar-refractivity contribution in [2.24, 2.45) is 0 Å². The number of nitrogens with one attached hydrogen (secondary N) is 1. The Balaban J connectivity index is 1.66. The zero-order valence-corrected chi connectivity index (χ0v) is 15.4. The van der Waals surface area contributed by atoms with E-state index in [4.69, 9.17) is 5.10 Å². The van der Waals surface area contributed by atoms with Gasteiger partial charge in [0.05, 0.1) is 5.52 Å². The predicted octanol–water partition coefficient (Wildman–Crippen LogP) is 2.92. The molecule has 1 aromatic heterocycles. The number of aromatic nitrogens is 2. The minimum atomic E-state index is -0.612. The van der Waals surface area contributed by atoms with Crippen molar-refractivity contribution in [1.29, 1.82) is 0 Å². The van der Waals surface area contributed by atoms with Gasteiger partial charge in [-0.05, 0) is 31.0 Å². The Morgan fingerprint density at radius 1 is 1.26 bits per heavy atom. The lowest BCUT2D eigenvalue weighted by Crippen LogP contribution is -2.32. The molecule has 1 unspecified atom stereocenters. The van der Waals surface area contributed by atoms with E-state index in [1.807, 2.05) is 48.7 Å². The highest BCUT2D eigenvalue weighted by Crippen LogP contribution is 2.28. The van der Waals surface area contributed by atoms with Crippen molar-refractivity contribution >= 4 is 16.8 Å². The largest absolute Gasteiger partial charge is 0.299 e. The van der Waals surface area contributed by atoms with E-state index in [1.165, 1.54) is 12.8 Å². The first kappa shape index (κ1) is 17.7. The molecule has 1 heterocycles. The van der Waals surface area contributed by atoms with Crippen LogP contribution in [0.4, 0.5) is 0 Å². The summed E-state index contributed by atoms with van der Waals surface area (Å²) >= 11 is 0. The molecule has 1 amide bonds. The van der Waals surface area contributed by atoms with Gasteiger partial charge in [0.25, 0.3) is 5.91 Å². The second-order valence-corrected chi connectivity index (χ2v) is 7.29. The van der Waals surface area contributed by atoms with Crippen molar-refractivity contribution in [3.05, 3.63) is 65.9 Å². The number of rotatable bonds is 7. The van der Waals surface area contributed by atoms with Crippen LogP contribution in [-0.2, 0) is 17.8 Å². The number of nitrogens with zero attached hydrogens (tertiary/aromatic N) is 3. The van der Waals surface area contributed by atoms with Crippen molar-refractivity contribution in [3.63, 3.8) is 0 Å². The minimum absolute atomic E-state index is 0.457. The topological polar surface area (TPSA) is 70.4 Å². The van der Waals surface area contributed by atoms with E-state index in [9.17, 15) is 10.0 Å². The second-order valence-electron chi connectivity index (χ2n) is 7.29. The van der Waals surface area contributed by atoms with E-state index >= 15 is 0 Å². The zero-order chi connectivity index (χ0) is 18.8. The van der Waals surface area contributed by atoms with Crippen LogP contribution in [0, 0.1) is 0 Å². The van der Waals surface area contributed by atoms with E-state index in [0.29, 0.717) is 12.5 Å². The smallest absolute Gasteiger partial charge is 0.268 e. The number of fused-ring (bicyclic) bond motifs is 1. The fourth-order valence-corrected chi connectivity index (χ4v) is 3.54. The lowest BCUT2D eigenvalue weighted by atomic mass is 10.1. The molecule has 3 aromatic rings. The Morgan fingerprint density at radius 2 is 2.04 bits per heavy atom. The number of carbonyl (C=O) groups excluding carboxylic acids is 1. The predicted molar refractivity (Wildman–Crippen MR) is 103 cm³/mol. The Bertz CT molecular complexity index is 934. The maximum atomic E-state index is 12.3. The summed E-state index contributed by atoms with van der Waals surface area (Å²) in [4.78, 5) is 14.7. The molecule has 0 aliphatic heterocycles. The Morgan fingerprint density at radius 3 is 2.74 bits per heavy atom. The van der Waals surface area contributed by atoms with E-state index < -0.39 is 11.9 Å². The molecule has 1 atom stereocenters. The zero-order valence-electron chi connectivity index (χ0n) is 15.4. The number of hydrogen-bond acceptors (Lipinski definition) is 4. The highest BCUT2D eigenvalue weighted by Gasteiger charge is 2.27. The monoisotopic (exact) mass is 364 g/mol. The van der Waals surface area contributed by atoms with Crippen LogP contribution < -0.4 is 5.48 Å². The first-order chi connectivity index (χ1) is 13.2. The highest BCUT2D eigenvalue weighted by molar-refractivity contribution is 5.83. The van der Waals surface area contributed by atoms with E-state index in [2.05, 4.69) is 18.0 Å². The van der Waals surface area contributed by atoms with Crippen molar-refractivity contribution in [2.45, 2.75) is 37.9 Å². The molecule has 4 rings (SSSR count). The summed E-state index contributed by atoms with van der Waals surface area (Å²) < 4.78 is 1.67. The fourth-order valence-electron chi connectivity index (χ4n) is 3.54. The molecule has 0 radical (unpaired) electrons. The van der Waals surface area contributed by atoms with Crippen LogP contribution >= 0.6 is 0 Å². The van der Waals surface area contributed by atoms with Gasteiger partial charge in [0.1, 0.15) is 6.04 Å². The SMILES string of the molecule is CN(Cc1cccc2cn(C(Cc3ccccc3)C(=O)NO)nc12)C1CC1. The van der Waals surface area contributed by atoms with Crippen LogP contribution in [0.15, 0.2) is 54.7 Å². The van der Waals surface area contributed by atoms with Gasteiger partial charge < -0.3 is 0 Å². The lowest BCUT2D eigenvalue weighted by molar-refractivity contribution is -0.132. The average Bonchev–Trinajstić information content (AvgIpc) is 3.45. The lowest BCUT2D eigenvalue weighted by Gasteiger charge is -2.16. The van der Waals surface area contributed by atoms with Gasteiger partial charge in [0.15, 0.2) is 0 Å². The minimum Gasteiger partial charge on any atom is -0.299 e. The van der Waals surface area contributed by atoms with Crippen LogP contribution in [0.25, 0.3) is 10.9 Å². The average molecular weight is 364 g/mol. The maximum Gasteiger partial charge on any atom is 0.268 e. The highest BCUT2D eigenvalue weighted by atomic mass is 16.5. The molecule has 2 N–H and O–H groups in total. The van der Waals surface area contributed by atoms with Crippen molar-refractivity contribution in [1.82, 2.24) is 20.2 Å². The van der Waals surface area contributed by atoms with E-state index in [-0.39, 0.29) is 0 Å². The summed E-state index contributed by atoms with van der Waals surface area (Å²) in [5.41, 5.74) is 4.87. The van der Waals surface area contributed by atoms with Crippen molar-refractivity contribution in [3.8, 4) is 0 Å². The Hall–Kier alpha value is -2.70.